The molecule has 6 rings (SSSR count). The minimum atomic E-state index is -0.408. The summed E-state index contributed by atoms with van der Waals surface area (Å²) >= 11 is 0. The van der Waals surface area contributed by atoms with Gasteiger partial charge < -0.3 is 29.9 Å². The normalized spacial score (nSPS) is 14.4. The summed E-state index contributed by atoms with van der Waals surface area (Å²) in [5.41, 5.74) is 14.7. The number of nitrogens with two attached hydrogens (primary N) is 1. The molecule has 1 aromatic carbocycles. The Hall–Kier alpha value is -5.23. The largest absolute Gasteiger partial charge is 0.508 e. The Morgan fingerprint density at radius 1 is 1.07 bits per heavy atom. The second-order valence-corrected chi connectivity index (χ2v) is 12.9. The fourth-order valence-corrected chi connectivity index (χ4v) is 6.73. The molecule has 5 heterocycles. The van der Waals surface area contributed by atoms with Crippen LogP contribution < -0.4 is 11.3 Å². The number of ether oxygens (including phenoxy) is 1. The van der Waals surface area contributed by atoms with Crippen LogP contribution in [-0.4, -0.2) is 82.0 Å². The van der Waals surface area contributed by atoms with Gasteiger partial charge in [-0.05, 0) is 94.7 Å². The first-order valence-corrected chi connectivity index (χ1v) is 19.1. The van der Waals surface area contributed by atoms with Crippen molar-refractivity contribution in [3.63, 3.8) is 0 Å². The highest BCUT2D eigenvalue weighted by Gasteiger charge is 2.34. The summed E-state index contributed by atoms with van der Waals surface area (Å²) in [5.74, 6) is 0.998. The SMILES string of the molecule is C=C=O.C=CC=C.CCC.CCCN(C)C1CCN(C(C)=O)CC1.CCc1c2c(nc3ccc(O)cc13)-c1cc3c(c(=O)n1C2)COC(=O)[C@@H]3CC.CN.N=O. The van der Waals surface area contributed by atoms with E-state index >= 15 is 0 Å². The van der Waals surface area contributed by atoms with Crippen LogP contribution in [0.3, 0.4) is 0 Å². The van der Waals surface area contributed by atoms with Gasteiger partial charge in [0.1, 0.15) is 18.3 Å². The molecule has 13 heteroatoms. The number of fused-ring (bicyclic) bond motifs is 5. The van der Waals surface area contributed by atoms with Gasteiger partial charge in [-0.1, -0.05) is 71.9 Å². The van der Waals surface area contributed by atoms with Crippen molar-refractivity contribution in [1.82, 2.24) is 19.4 Å². The fourth-order valence-electron chi connectivity index (χ4n) is 6.73. The van der Waals surface area contributed by atoms with Crippen LogP contribution in [-0.2, 0) is 38.7 Å². The minimum Gasteiger partial charge on any atom is -0.508 e. The molecule has 1 saturated heterocycles. The molecule has 0 unspecified atom stereocenters. The van der Waals surface area contributed by atoms with E-state index in [-0.39, 0.29) is 29.8 Å². The van der Waals surface area contributed by atoms with E-state index in [1.165, 1.54) is 32.4 Å². The van der Waals surface area contributed by atoms with Crippen LogP contribution in [0.2, 0.25) is 0 Å². The van der Waals surface area contributed by atoms with Gasteiger partial charge in [0.2, 0.25) is 5.91 Å². The van der Waals surface area contributed by atoms with Gasteiger partial charge in [0.05, 0.1) is 34.9 Å². The molecular formula is C43H64N6O7. The van der Waals surface area contributed by atoms with Gasteiger partial charge in [0.25, 0.3) is 5.56 Å². The number of amides is 1. The van der Waals surface area contributed by atoms with E-state index in [0.29, 0.717) is 24.6 Å². The number of phenolic OH excluding ortho intramolecular Hbond substituents is 1. The molecule has 308 valence electrons. The number of cyclic esters (lactones) is 1. The summed E-state index contributed by atoms with van der Waals surface area (Å²) < 4.78 is 6.99. The lowest BCUT2D eigenvalue weighted by atomic mass is 9.90. The van der Waals surface area contributed by atoms with Crippen molar-refractivity contribution < 1.29 is 24.2 Å². The van der Waals surface area contributed by atoms with E-state index in [1.54, 1.807) is 41.8 Å². The van der Waals surface area contributed by atoms with Crippen molar-refractivity contribution >= 4 is 28.7 Å². The lowest BCUT2D eigenvalue weighted by molar-refractivity contribution is -0.148. The average molecular weight is 777 g/mol. The topological polar surface area (TPSA) is 189 Å². The van der Waals surface area contributed by atoms with Crippen LogP contribution in [0, 0.1) is 10.5 Å². The van der Waals surface area contributed by atoms with Crippen LogP contribution in [0.1, 0.15) is 102 Å². The van der Waals surface area contributed by atoms with E-state index < -0.39 is 5.92 Å². The number of carbonyl (C=O) groups is 2. The van der Waals surface area contributed by atoms with E-state index in [9.17, 15) is 19.5 Å². The van der Waals surface area contributed by atoms with Crippen molar-refractivity contribution in [3.05, 3.63) is 93.7 Å². The highest BCUT2D eigenvalue weighted by Crippen LogP contribution is 2.39. The Labute approximate surface area is 332 Å². The smallest absolute Gasteiger partial charge is 0.313 e. The summed E-state index contributed by atoms with van der Waals surface area (Å²) in [6.45, 7) is 25.0. The number of nitrogens with zero attached hydrogens (tertiary/aromatic N) is 4. The van der Waals surface area contributed by atoms with E-state index in [4.69, 9.17) is 19.4 Å². The molecule has 56 heavy (non-hydrogen) atoms. The third-order valence-electron chi connectivity index (χ3n) is 9.24. The van der Waals surface area contributed by atoms with Crippen LogP contribution in [0.25, 0.3) is 22.3 Å². The maximum Gasteiger partial charge on any atom is 0.313 e. The van der Waals surface area contributed by atoms with Crippen LogP contribution in [0.4, 0.5) is 0 Å². The number of carbonyl (C=O) groups excluding carboxylic acids is 3. The molecule has 0 spiro atoms. The van der Waals surface area contributed by atoms with Gasteiger partial charge >= 0.3 is 5.97 Å². The number of aromatic hydroxyl groups is 1. The Morgan fingerprint density at radius 2 is 1.64 bits per heavy atom. The first-order valence-electron chi connectivity index (χ1n) is 19.1. The number of benzene rings is 1. The standard InChI is InChI=1S/C22H20N2O4.C11H22N2O.C4H6.C3H8.C2H2O.CH5N.HNO/c1-3-12-15-7-11(25)5-6-18(15)23-20-16(12)9-24-19(20)8-14-13(4-2)22(27)28-10-17(14)21(24)26;1-4-7-12(3)11-5-8-13(9-6-11)10(2)14;1-3-4-2;1-3-2;1-2-3;2*1-2/h5-8,13,25H,3-4,9-10H2,1-2H3;11H,4-9H2,1-3H3;3-4H,1-2H2;3H2,1-2H3;1H2;2H2,1H3;1H/t13-;;;;;;/m1....../s1. The quantitative estimate of drug-likeness (QED) is 0.0778. The monoisotopic (exact) mass is 776 g/mol. The van der Waals surface area contributed by atoms with Crippen LogP contribution in [0.5, 0.6) is 5.75 Å². The zero-order valence-corrected chi connectivity index (χ0v) is 34.8. The number of phenols is 1. The molecule has 1 amide bonds. The molecule has 4 N–H and O–H groups in total. The van der Waals surface area contributed by atoms with Crippen molar-refractivity contribution in [1.29, 1.82) is 5.59 Å². The number of nitroso groups, excluding NO2 is 1. The molecule has 0 aliphatic carbocycles. The molecule has 1 atom stereocenters. The highest BCUT2D eigenvalue weighted by atomic mass is 16.5. The van der Waals surface area contributed by atoms with Gasteiger partial charge in [-0.25, -0.2) is 9.78 Å². The Balaban J connectivity index is 0.000000906. The number of allylic oxidation sites excluding steroid dienone is 2. The number of hydrogen-bond acceptors (Lipinski definition) is 11. The first kappa shape index (κ1) is 50.8. The molecular weight excluding hydrogens is 713 g/mol. The number of aromatic nitrogens is 2. The van der Waals surface area contributed by atoms with E-state index in [0.717, 1.165) is 71.3 Å². The number of nitrogens with one attached hydrogen (secondary N) is 1. The fraction of sp³-hybridized carbons (Fsp3) is 0.488. The number of piperidine rings is 1. The molecule has 1 fully saturated rings. The van der Waals surface area contributed by atoms with Gasteiger partial charge in [-0.2, -0.15) is 4.91 Å². The maximum absolute atomic E-state index is 13.2. The van der Waals surface area contributed by atoms with Gasteiger partial charge in [0, 0.05) is 37.0 Å². The third-order valence-corrected chi connectivity index (χ3v) is 9.24. The number of pyridine rings is 2. The highest BCUT2D eigenvalue weighted by molar-refractivity contribution is 5.89. The van der Waals surface area contributed by atoms with E-state index in [2.05, 4.69) is 70.7 Å². The molecule has 0 saturated carbocycles. The number of rotatable bonds is 6. The Kier molecular flexibility index (Phi) is 24.8. The lowest BCUT2D eigenvalue weighted by Gasteiger charge is -2.36. The Morgan fingerprint density at radius 3 is 2.12 bits per heavy atom. The van der Waals surface area contributed by atoms with Crippen molar-refractivity contribution in [2.75, 3.05) is 33.7 Å². The van der Waals surface area contributed by atoms with Crippen molar-refractivity contribution in [2.45, 2.75) is 105 Å². The molecule has 3 aliphatic rings. The molecule has 0 bridgehead atoms. The molecule has 0 radical (unpaired) electrons. The third kappa shape index (κ3) is 13.5. The molecule has 2 aromatic heterocycles. The summed E-state index contributed by atoms with van der Waals surface area (Å²) in [6.07, 6.45) is 9.37. The molecule has 13 nitrogen and oxygen atoms in total. The van der Waals surface area contributed by atoms with Gasteiger partial charge in [-0.15, -0.1) is 0 Å². The Bertz CT molecular complexity index is 1800. The second-order valence-electron chi connectivity index (χ2n) is 12.9. The molecule has 3 aromatic rings. The number of aryl methyl sites for hydroxylation is 1. The predicted molar refractivity (Wildman–Crippen MR) is 226 cm³/mol. The first-order chi connectivity index (χ1) is 26.9. The zero-order valence-electron chi connectivity index (χ0n) is 34.8. The van der Waals surface area contributed by atoms with E-state index in [1.807, 2.05) is 17.9 Å². The summed E-state index contributed by atoms with van der Waals surface area (Å²) in [7, 11) is 3.69. The summed E-state index contributed by atoms with van der Waals surface area (Å²) in [5, 5.41) is 10.8. The van der Waals surface area contributed by atoms with Crippen molar-refractivity contribution in [3.8, 4) is 17.1 Å². The summed E-state index contributed by atoms with van der Waals surface area (Å²) in [6, 6.07) is 7.80. The molecule has 3 aliphatic heterocycles. The maximum atomic E-state index is 13.2. The lowest BCUT2D eigenvalue weighted by Crippen LogP contribution is -2.45. The van der Waals surface area contributed by atoms with Crippen LogP contribution >= 0.6 is 0 Å². The van der Waals surface area contributed by atoms with Crippen molar-refractivity contribution in [2.24, 2.45) is 5.73 Å². The number of esters is 1. The predicted octanol–water partition coefficient (Wildman–Crippen LogP) is 7.27. The minimum absolute atomic E-state index is 0.0318. The van der Waals surface area contributed by atoms with Gasteiger partial charge in [0.15, 0.2) is 0 Å². The second kappa shape index (κ2) is 27.4. The van der Waals surface area contributed by atoms with Gasteiger partial charge in [-0.3, -0.25) is 14.4 Å². The zero-order chi connectivity index (χ0) is 43.0. The number of hydrogen-bond donors (Lipinski definition) is 3. The van der Waals surface area contributed by atoms with Crippen LogP contribution in [0.15, 0.2) is 60.9 Å². The average Bonchev–Trinajstić information content (AvgIpc) is 3.58. The summed E-state index contributed by atoms with van der Waals surface area (Å²) in [4.78, 5) is 61.8. The number of likely N-dealkylation sites (tertiary alicyclic amines) is 1.